The number of nitrogens with two attached hydrogens (primary N) is 1. The summed E-state index contributed by atoms with van der Waals surface area (Å²) in [6.07, 6.45) is 0. The number of hydrogen-bond donors (Lipinski definition) is 1. The van der Waals surface area contributed by atoms with Gasteiger partial charge in [0.15, 0.2) is 5.78 Å². The van der Waals surface area contributed by atoms with Gasteiger partial charge in [-0.2, -0.15) is 5.26 Å². The number of carbonyl (C=O) groups is 1. The van der Waals surface area contributed by atoms with Crippen molar-refractivity contribution in [1.29, 1.82) is 5.26 Å². The van der Waals surface area contributed by atoms with E-state index in [2.05, 4.69) is 0 Å². The maximum absolute atomic E-state index is 11.1. The van der Waals surface area contributed by atoms with E-state index in [4.69, 9.17) is 11.0 Å². The molecule has 1 unspecified atom stereocenters. The maximum Gasteiger partial charge on any atom is 0.151 e. The van der Waals surface area contributed by atoms with E-state index >= 15 is 0 Å². The molecule has 2 N–H and O–H groups in total. The average molecular weight is 188 g/mol. The van der Waals surface area contributed by atoms with Crippen LogP contribution in [-0.4, -0.2) is 5.78 Å². The van der Waals surface area contributed by atoms with Crippen LogP contribution in [0.15, 0.2) is 24.3 Å². The lowest BCUT2D eigenvalue weighted by molar-refractivity contribution is -0.117. The third-order valence-corrected chi connectivity index (χ3v) is 2.08. The highest BCUT2D eigenvalue weighted by molar-refractivity contribution is 5.86. The Balaban J connectivity index is 2.96. The van der Waals surface area contributed by atoms with Crippen molar-refractivity contribution >= 4 is 5.78 Å². The largest absolute Gasteiger partial charge is 0.326 e. The van der Waals surface area contributed by atoms with Crippen molar-refractivity contribution in [2.75, 3.05) is 0 Å². The summed E-state index contributed by atoms with van der Waals surface area (Å²) >= 11 is 0. The molecule has 0 saturated carbocycles. The van der Waals surface area contributed by atoms with E-state index in [0.717, 1.165) is 11.1 Å². The predicted octanol–water partition coefficient (Wildman–Crippen LogP) is 1.34. The van der Waals surface area contributed by atoms with Crippen LogP contribution in [0.25, 0.3) is 0 Å². The molecule has 1 atom stereocenters. The van der Waals surface area contributed by atoms with E-state index in [9.17, 15) is 4.79 Å². The zero-order valence-corrected chi connectivity index (χ0v) is 8.03. The second-order valence-electron chi connectivity index (χ2n) is 3.12. The molecule has 1 aromatic carbocycles. The van der Waals surface area contributed by atoms with Crippen LogP contribution in [0.2, 0.25) is 0 Å². The molecule has 0 fully saturated rings. The summed E-state index contributed by atoms with van der Waals surface area (Å²) in [5, 5.41) is 8.78. The van der Waals surface area contributed by atoms with Crippen LogP contribution in [0.3, 0.4) is 0 Å². The first-order chi connectivity index (χ1) is 6.69. The molecule has 0 aliphatic rings. The second-order valence-corrected chi connectivity index (χ2v) is 3.12. The quantitative estimate of drug-likeness (QED) is 0.778. The molecule has 0 spiro atoms. The highest BCUT2D eigenvalue weighted by Gasteiger charge is 2.14. The number of Topliss-reactive ketones (excluding diaryl/α,β-unsaturated/α-hetero) is 1. The molecule has 0 aliphatic heterocycles. The molecular formula is C11H12N2O. The van der Waals surface area contributed by atoms with E-state index < -0.39 is 5.92 Å². The lowest BCUT2D eigenvalue weighted by Gasteiger charge is -2.05. The molecular weight excluding hydrogens is 176 g/mol. The molecule has 1 rings (SSSR count). The molecule has 0 aromatic heterocycles. The second kappa shape index (κ2) is 4.54. The molecule has 0 radical (unpaired) electrons. The van der Waals surface area contributed by atoms with Gasteiger partial charge in [-0.25, -0.2) is 0 Å². The van der Waals surface area contributed by atoms with Crippen LogP contribution < -0.4 is 5.73 Å². The first kappa shape index (κ1) is 10.4. The van der Waals surface area contributed by atoms with E-state index in [1.54, 1.807) is 12.1 Å². The first-order valence-corrected chi connectivity index (χ1v) is 4.38. The summed E-state index contributed by atoms with van der Waals surface area (Å²) in [5.41, 5.74) is 7.16. The zero-order valence-electron chi connectivity index (χ0n) is 8.03. The smallest absolute Gasteiger partial charge is 0.151 e. The standard InChI is InChI=1S/C11H12N2O/c1-8(14)11(7-13)10-4-2-9(6-12)3-5-10/h2-5,11H,6,12H2,1H3. The van der Waals surface area contributed by atoms with Crippen molar-refractivity contribution in [2.45, 2.75) is 19.4 Å². The summed E-state index contributed by atoms with van der Waals surface area (Å²) in [4.78, 5) is 11.1. The molecule has 0 amide bonds. The number of carbonyl (C=O) groups excluding carboxylic acids is 1. The van der Waals surface area contributed by atoms with Crippen molar-refractivity contribution in [2.24, 2.45) is 5.73 Å². The van der Waals surface area contributed by atoms with Gasteiger partial charge in [-0.05, 0) is 18.1 Å². The molecule has 0 aliphatic carbocycles. The normalized spacial score (nSPS) is 11.8. The van der Waals surface area contributed by atoms with Crippen LogP contribution in [0.5, 0.6) is 0 Å². The van der Waals surface area contributed by atoms with Crippen molar-refractivity contribution in [3.05, 3.63) is 35.4 Å². The lowest BCUT2D eigenvalue weighted by atomic mass is 9.96. The van der Waals surface area contributed by atoms with Gasteiger partial charge in [-0.3, -0.25) is 4.79 Å². The number of nitrogens with zero attached hydrogens (tertiary/aromatic N) is 1. The topological polar surface area (TPSA) is 66.9 Å². The van der Waals surface area contributed by atoms with Crippen molar-refractivity contribution in [3.63, 3.8) is 0 Å². The van der Waals surface area contributed by atoms with Gasteiger partial charge in [0.2, 0.25) is 0 Å². The van der Waals surface area contributed by atoms with Gasteiger partial charge in [0, 0.05) is 6.54 Å². The summed E-state index contributed by atoms with van der Waals surface area (Å²) < 4.78 is 0. The van der Waals surface area contributed by atoms with Crippen LogP contribution in [0.1, 0.15) is 24.0 Å². The van der Waals surface area contributed by atoms with Gasteiger partial charge in [0.25, 0.3) is 0 Å². The third-order valence-electron chi connectivity index (χ3n) is 2.08. The van der Waals surface area contributed by atoms with Gasteiger partial charge >= 0.3 is 0 Å². The minimum atomic E-state index is -0.651. The first-order valence-electron chi connectivity index (χ1n) is 4.38. The number of benzene rings is 1. The fourth-order valence-corrected chi connectivity index (χ4v) is 1.25. The van der Waals surface area contributed by atoms with Crippen LogP contribution in [0.4, 0.5) is 0 Å². The van der Waals surface area contributed by atoms with Crippen molar-refractivity contribution in [1.82, 2.24) is 0 Å². The Labute approximate surface area is 83.2 Å². The minimum Gasteiger partial charge on any atom is -0.326 e. The minimum absolute atomic E-state index is 0.131. The summed E-state index contributed by atoms with van der Waals surface area (Å²) in [6, 6.07) is 9.20. The molecule has 0 heterocycles. The molecule has 0 bridgehead atoms. The Hall–Kier alpha value is -1.66. The Morgan fingerprint density at radius 1 is 1.50 bits per heavy atom. The highest BCUT2D eigenvalue weighted by Crippen LogP contribution is 2.16. The number of nitriles is 1. The van der Waals surface area contributed by atoms with E-state index in [0.29, 0.717) is 6.54 Å². The Bertz CT molecular complexity index is 362. The Morgan fingerprint density at radius 3 is 2.43 bits per heavy atom. The molecule has 0 saturated heterocycles. The molecule has 14 heavy (non-hydrogen) atoms. The highest BCUT2D eigenvalue weighted by atomic mass is 16.1. The van der Waals surface area contributed by atoms with Crippen molar-refractivity contribution < 1.29 is 4.79 Å². The summed E-state index contributed by atoms with van der Waals surface area (Å²) in [5.74, 6) is -0.783. The number of rotatable bonds is 3. The molecule has 3 heteroatoms. The van der Waals surface area contributed by atoms with Crippen LogP contribution in [0, 0.1) is 11.3 Å². The van der Waals surface area contributed by atoms with Crippen LogP contribution in [-0.2, 0) is 11.3 Å². The zero-order chi connectivity index (χ0) is 10.6. The third kappa shape index (κ3) is 2.18. The van der Waals surface area contributed by atoms with E-state index in [1.165, 1.54) is 6.92 Å². The molecule has 72 valence electrons. The van der Waals surface area contributed by atoms with Gasteiger partial charge < -0.3 is 5.73 Å². The molecule has 1 aromatic rings. The van der Waals surface area contributed by atoms with Gasteiger partial charge in [-0.15, -0.1) is 0 Å². The van der Waals surface area contributed by atoms with Crippen LogP contribution >= 0.6 is 0 Å². The van der Waals surface area contributed by atoms with Gasteiger partial charge in [-0.1, -0.05) is 24.3 Å². The monoisotopic (exact) mass is 188 g/mol. The summed E-state index contributed by atoms with van der Waals surface area (Å²) in [7, 11) is 0. The lowest BCUT2D eigenvalue weighted by Crippen LogP contribution is -2.06. The van der Waals surface area contributed by atoms with E-state index in [1.807, 2.05) is 18.2 Å². The van der Waals surface area contributed by atoms with Gasteiger partial charge in [0.05, 0.1) is 6.07 Å². The number of hydrogen-bond acceptors (Lipinski definition) is 3. The fraction of sp³-hybridized carbons (Fsp3) is 0.273. The Morgan fingerprint density at radius 2 is 2.07 bits per heavy atom. The maximum atomic E-state index is 11.1. The fourth-order valence-electron chi connectivity index (χ4n) is 1.25. The number of ketones is 1. The predicted molar refractivity (Wildman–Crippen MR) is 53.4 cm³/mol. The van der Waals surface area contributed by atoms with Gasteiger partial charge in [0.1, 0.15) is 5.92 Å². The van der Waals surface area contributed by atoms with Crippen molar-refractivity contribution in [3.8, 4) is 6.07 Å². The SMILES string of the molecule is CC(=O)C(C#N)c1ccc(CN)cc1. The Kier molecular flexibility index (Phi) is 3.38. The van der Waals surface area contributed by atoms with E-state index in [-0.39, 0.29) is 5.78 Å². The average Bonchev–Trinajstić information content (AvgIpc) is 2.19. The molecule has 3 nitrogen and oxygen atoms in total. The summed E-state index contributed by atoms with van der Waals surface area (Å²) in [6.45, 7) is 1.89.